The van der Waals surface area contributed by atoms with Crippen LogP contribution in [0.4, 0.5) is 0 Å². The molecule has 0 saturated heterocycles. The van der Waals surface area contributed by atoms with Crippen LogP contribution < -0.4 is 5.32 Å². The Labute approximate surface area is 133 Å². The van der Waals surface area contributed by atoms with Gasteiger partial charge in [-0.2, -0.15) is 0 Å². The fourth-order valence-corrected chi connectivity index (χ4v) is 1.95. The zero-order valence-corrected chi connectivity index (χ0v) is 15.7. The van der Waals surface area contributed by atoms with Gasteiger partial charge in [-0.3, -0.25) is 0 Å². The molecule has 0 rings (SSSR count). The van der Waals surface area contributed by atoms with E-state index in [9.17, 15) is 0 Å². The van der Waals surface area contributed by atoms with Crippen LogP contribution >= 0.6 is 0 Å². The molecule has 3 nitrogen and oxygen atoms in total. The highest BCUT2D eigenvalue weighted by molar-refractivity contribution is 4.73. The Morgan fingerprint density at radius 1 is 0.810 bits per heavy atom. The molecule has 0 saturated carbocycles. The lowest BCUT2D eigenvalue weighted by molar-refractivity contribution is -0.0757. The summed E-state index contributed by atoms with van der Waals surface area (Å²) in [4.78, 5) is 0. The maximum Gasteiger partial charge on any atom is 0.0648 e. The molecule has 0 heterocycles. The molecule has 0 aromatic rings. The molecule has 0 amide bonds. The molecule has 3 heteroatoms. The minimum absolute atomic E-state index is 0.0735. The fourth-order valence-electron chi connectivity index (χ4n) is 1.95. The summed E-state index contributed by atoms with van der Waals surface area (Å²) in [6, 6.07) is 0.536. The van der Waals surface area contributed by atoms with Gasteiger partial charge in [-0.1, -0.05) is 27.7 Å². The van der Waals surface area contributed by atoms with Crippen molar-refractivity contribution in [3.63, 3.8) is 0 Å². The molecular weight excluding hydrogens is 262 g/mol. The largest absolute Gasteiger partial charge is 0.375 e. The van der Waals surface area contributed by atoms with Crippen molar-refractivity contribution in [1.29, 1.82) is 0 Å². The second-order valence-corrected chi connectivity index (χ2v) is 8.01. The first kappa shape index (κ1) is 20.9. The minimum atomic E-state index is -0.0961. The molecule has 0 fully saturated rings. The first-order valence-electron chi connectivity index (χ1n) is 8.55. The monoisotopic (exact) mass is 301 g/mol. The fraction of sp³-hybridized carbons (Fsp3) is 1.00. The maximum atomic E-state index is 6.05. The lowest BCUT2D eigenvalue weighted by atomic mass is 10.0. The second-order valence-electron chi connectivity index (χ2n) is 8.01. The van der Waals surface area contributed by atoms with E-state index in [1.54, 1.807) is 0 Å². The molecule has 0 radical (unpaired) electrons. The number of nitrogens with one attached hydrogen (secondary N) is 1. The van der Waals surface area contributed by atoms with Gasteiger partial charge in [0.25, 0.3) is 0 Å². The van der Waals surface area contributed by atoms with E-state index < -0.39 is 0 Å². The Hall–Kier alpha value is -0.120. The summed E-state index contributed by atoms with van der Waals surface area (Å²) < 4.78 is 12.0. The second kappa shape index (κ2) is 9.81. The molecule has 0 spiro atoms. The first-order chi connectivity index (χ1) is 9.54. The van der Waals surface area contributed by atoms with Gasteiger partial charge in [0.1, 0.15) is 0 Å². The van der Waals surface area contributed by atoms with Crippen molar-refractivity contribution >= 4 is 0 Å². The highest BCUT2D eigenvalue weighted by Crippen LogP contribution is 2.20. The average Bonchev–Trinajstić information content (AvgIpc) is 2.26. The van der Waals surface area contributed by atoms with Crippen molar-refractivity contribution in [3.8, 4) is 0 Å². The molecule has 0 unspecified atom stereocenters. The summed E-state index contributed by atoms with van der Waals surface area (Å²) in [6.45, 7) is 20.0. The molecule has 0 aromatic heterocycles. The minimum Gasteiger partial charge on any atom is -0.375 e. The van der Waals surface area contributed by atoms with Crippen LogP contribution in [0.1, 0.15) is 74.7 Å². The van der Waals surface area contributed by atoms with E-state index in [0.717, 1.165) is 39.0 Å². The van der Waals surface area contributed by atoms with E-state index in [4.69, 9.17) is 9.47 Å². The molecule has 0 aliphatic heterocycles. The van der Waals surface area contributed by atoms with E-state index in [0.29, 0.717) is 12.0 Å². The van der Waals surface area contributed by atoms with Gasteiger partial charge < -0.3 is 14.8 Å². The first-order valence-corrected chi connectivity index (χ1v) is 8.55. The smallest absolute Gasteiger partial charge is 0.0648 e. The molecule has 0 atom stereocenters. The van der Waals surface area contributed by atoms with Gasteiger partial charge in [-0.05, 0) is 59.4 Å². The van der Waals surface area contributed by atoms with Gasteiger partial charge in [-0.15, -0.1) is 0 Å². The van der Waals surface area contributed by atoms with Crippen molar-refractivity contribution in [2.45, 2.75) is 91.9 Å². The molecule has 0 bridgehead atoms. The van der Waals surface area contributed by atoms with Crippen LogP contribution in [0, 0.1) is 5.92 Å². The Kier molecular flexibility index (Phi) is 9.75. The van der Waals surface area contributed by atoms with E-state index in [2.05, 4.69) is 60.7 Å². The number of rotatable bonds is 12. The molecular formula is C18H39NO2. The van der Waals surface area contributed by atoms with Gasteiger partial charge >= 0.3 is 0 Å². The predicted octanol–water partition coefficient (Wildman–Crippen LogP) is 4.40. The average molecular weight is 302 g/mol. The molecule has 1 N–H and O–H groups in total. The Morgan fingerprint density at radius 3 is 1.86 bits per heavy atom. The molecule has 0 aliphatic carbocycles. The summed E-state index contributed by atoms with van der Waals surface area (Å²) in [5.74, 6) is 0.699. The van der Waals surface area contributed by atoms with Crippen molar-refractivity contribution in [2.75, 3.05) is 19.8 Å². The van der Waals surface area contributed by atoms with E-state index >= 15 is 0 Å². The topological polar surface area (TPSA) is 30.5 Å². The van der Waals surface area contributed by atoms with Crippen LogP contribution in [0.5, 0.6) is 0 Å². The number of ether oxygens (including phenoxy) is 2. The quantitative estimate of drug-likeness (QED) is 0.579. The summed E-state index contributed by atoms with van der Waals surface area (Å²) in [6.07, 6.45) is 3.09. The van der Waals surface area contributed by atoms with E-state index in [1.807, 2.05) is 0 Å². The van der Waals surface area contributed by atoms with Crippen molar-refractivity contribution in [3.05, 3.63) is 0 Å². The molecule has 21 heavy (non-hydrogen) atoms. The highest BCUT2D eigenvalue weighted by atomic mass is 16.5. The standard InChI is InChI=1S/C18H39NO2/c1-15(2)9-13-20-18(7,8)11-14-21-17(5,6)10-12-19-16(3)4/h15-16,19H,9-14H2,1-8H3. The predicted molar refractivity (Wildman–Crippen MR) is 91.9 cm³/mol. The summed E-state index contributed by atoms with van der Waals surface area (Å²) in [7, 11) is 0. The van der Waals surface area contributed by atoms with Gasteiger partial charge in [0.2, 0.25) is 0 Å². The van der Waals surface area contributed by atoms with Crippen LogP contribution in [0.2, 0.25) is 0 Å². The Bertz CT molecular complexity index is 234. The molecule has 0 aliphatic rings. The SMILES string of the molecule is CC(C)CCOC(C)(C)CCOC(C)(C)CCNC(C)C. The lowest BCUT2D eigenvalue weighted by Crippen LogP contribution is -2.34. The van der Waals surface area contributed by atoms with Gasteiger partial charge in [0.05, 0.1) is 17.8 Å². The molecule has 0 aromatic carbocycles. The van der Waals surface area contributed by atoms with E-state index in [-0.39, 0.29) is 11.2 Å². The van der Waals surface area contributed by atoms with Gasteiger partial charge in [0.15, 0.2) is 0 Å². The van der Waals surface area contributed by atoms with Gasteiger partial charge in [0, 0.05) is 12.6 Å². The van der Waals surface area contributed by atoms with Crippen LogP contribution in [-0.2, 0) is 9.47 Å². The van der Waals surface area contributed by atoms with Crippen molar-refractivity contribution < 1.29 is 9.47 Å². The summed E-state index contributed by atoms with van der Waals surface area (Å²) >= 11 is 0. The zero-order valence-electron chi connectivity index (χ0n) is 15.7. The lowest BCUT2D eigenvalue weighted by Gasteiger charge is -2.30. The van der Waals surface area contributed by atoms with Crippen LogP contribution in [0.25, 0.3) is 0 Å². The summed E-state index contributed by atoms with van der Waals surface area (Å²) in [5.41, 5.74) is -0.170. The van der Waals surface area contributed by atoms with Crippen molar-refractivity contribution in [1.82, 2.24) is 5.32 Å². The zero-order chi connectivity index (χ0) is 16.5. The normalized spacial score (nSPS) is 13.4. The molecule has 128 valence electrons. The van der Waals surface area contributed by atoms with Crippen LogP contribution in [-0.4, -0.2) is 37.0 Å². The Morgan fingerprint density at radius 2 is 1.33 bits per heavy atom. The third-order valence-corrected chi connectivity index (χ3v) is 3.66. The summed E-state index contributed by atoms with van der Waals surface area (Å²) in [5, 5.41) is 3.44. The van der Waals surface area contributed by atoms with E-state index in [1.165, 1.54) is 0 Å². The van der Waals surface area contributed by atoms with Crippen molar-refractivity contribution in [2.24, 2.45) is 5.92 Å². The third-order valence-electron chi connectivity index (χ3n) is 3.66. The maximum absolute atomic E-state index is 6.05. The van der Waals surface area contributed by atoms with Crippen LogP contribution in [0.15, 0.2) is 0 Å². The van der Waals surface area contributed by atoms with Gasteiger partial charge in [-0.25, -0.2) is 0 Å². The Balaban J connectivity index is 3.87. The number of hydrogen-bond acceptors (Lipinski definition) is 3. The third kappa shape index (κ3) is 13.3. The highest BCUT2D eigenvalue weighted by Gasteiger charge is 2.22. The van der Waals surface area contributed by atoms with Crippen LogP contribution in [0.3, 0.4) is 0 Å². The number of hydrogen-bond donors (Lipinski definition) is 1.